The maximum atomic E-state index is 5.03. The van der Waals surface area contributed by atoms with Gasteiger partial charge in [0.2, 0.25) is 0 Å². The Morgan fingerprint density at radius 1 is 0.420 bits per heavy atom. The van der Waals surface area contributed by atoms with Gasteiger partial charge in [-0.25, -0.2) is 15.0 Å². The third-order valence-corrected chi connectivity index (χ3v) is 11.5. The van der Waals surface area contributed by atoms with Crippen LogP contribution in [0.2, 0.25) is 0 Å². The molecule has 0 atom stereocenters. The Kier molecular flexibility index (Phi) is 7.04. The van der Waals surface area contributed by atoms with Gasteiger partial charge >= 0.3 is 0 Å². The first-order chi connectivity index (χ1) is 24.3. The molecule has 0 unspecified atom stereocenters. The summed E-state index contributed by atoms with van der Waals surface area (Å²) in [6.07, 6.45) is 0. The largest absolute Gasteiger partial charge is 0.310 e. The molecule has 0 N–H and O–H groups in total. The molecule has 1 aromatic heterocycles. The van der Waals surface area contributed by atoms with Crippen molar-refractivity contribution in [2.45, 2.75) is 48.3 Å². The number of nitrogens with zero attached hydrogens (tertiary/aromatic N) is 4. The van der Waals surface area contributed by atoms with Crippen molar-refractivity contribution in [3.8, 4) is 34.2 Å². The monoisotopic (exact) mass is 664 g/mol. The Balaban J connectivity index is 1.16. The van der Waals surface area contributed by atoms with Crippen LogP contribution in [0.25, 0.3) is 34.2 Å². The lowest BCUT2D eigenvalue weighted by molar-refractivity contribution is 0.607. The highest BCUT2D eigenvalue weighted by Gasteiger charge is 2.38. The van der Waals surface area contributed by atoms with Crippen LogP contribution in [-0.4, -0.2) is 15.0 Å². The Labute approximate surface area is 297 Å². The van der Waals surface area contributed by atoms with Crippen molar-refractivity contribution in [3.05, 3.63) is 168 Å². The highest BCUT2D eigenvalue weighted by atomic mass is 32.2. The zero-order chi connectivity index (χ0) is 34.0. The first kappa shape index (κ1) is 30.5. The van der Waals surface area contributed by atoms with Crippen molar-refractivity contribution >= 4 is 28.8 Å². The quantitative estimate of drug-likeness (QED) is 0.187. The number of aromatic nitrogens is 3. The lowest BCUT2D eigenvalue weighted by Crippen LogP contribution is -2.31. The van der Waals surface area contributed by atoms with Gasteiger partial charge in [0, 0.05) is 43.0 Å². The van der Waals surface area contributed by atoms with E-state index in [1.165, 1.54) is 49.1 Å². The molecule has 0 fully saturated rings. The summed E-state index contributed by atoms with van der Waals surface area (Å²) in [4.78, 5) is 20.0. The number of hydrogen-bond donors (Lipinski definition) is 0. The number of rotatable bonds is 4. The lowest BCUT2D eigenvalue weighted by atomic mass is 9.73. The molecule has 0 radical (unpaired) electrons. The summed E-state index contributed by atoms with van der Waals surface area (Å²) in [6.45, 7) is 9.36. The SMILES string of the molecule is CC1(C)c2cc(-c3nc(-c4ccccc4)nc(-c4ccccc4)n3)ccc2Sc2ccc(N3c4ccccc4C(C)(C)c4ccccc43)cc21. The van der Waals surface area contributed by atoms with Crippen LogP contribution in [0.5, 0.6) is 0 Å². The summed E-state index contributed by atoms with van der Waals surface area (Å²) in [5.74, 6) is 2.01. The van der Waals surface area contributed by atoms with Crippen LogP contribution in [0.1, 0.15) is 49.9 Å². The standard InChI is InChI=1S/C45H36N4S/c1-44(2)33-19-11-13-21-37(33)49(38-22-14-12-20-34(38)44)32-24-26-40-36(28-32)45(3,4)35-27-31(23-25-39(35)50-40)43-47-41(29-15-7-5-8-16-29)46-42(48-43)30-17-9-6-10-18-30/h5-28H,1-4H3. The van der Waals surface area contributed by atoms with Crippen molar-refractivity contribution in [2.75, 3.05) is 4.90 Å². The fraction of sp³-hybridized carbons (Fsp3) is 0.133. The number of benzene rings is 6. The second-order valence-corrected chi connectivity index (χ2v) is 15.2. The minimum absolute atomic E-state index is 0.0991. The molecule has 0 bridgehead atoms. The molecule has 7 aromatic rings. The van der Waals surface area contributed by atoms with E-state index in [9.17, 15) is 0 Å². The summed E-state index contributed by atoms with van der Waals surface area (Å²) in [6, 6.07) is 51.7. The second kappa shape index (κ2) is 11.5. The van der Waals surface area contributed by atoms with Gasteiger partial charge in [-0.05, 0) is 64.7 Å². The van der Waals surface area contributed by atoms with Crippen LogP contribution in [0.4, 0.5) is 17.1 Å². The molecule has 50 heavy (non-hydrogen) atoms. The summed E-state index contributed by atoms with van der Waals surface area (Å²) >= 11 is 1.84. The van der Waals surface area contributed by atoms with Crippen LogP contribution in [0.15, 0.2) is 155 Å². The minimum atomic E-state index is -0.270. The molecule has 3 heterocycles. The number of hydrogen-bond acceptors (Lipinski definition) is 5. The van der Waals surface area contributed by atoms with Gasteiger partial charge in [-0.3, -0.25) is 0 Å². The minimum Gasteiger partial charge on any atom is -0.310 e. The van der Waals surface area contributed by atoms with E-state index in [-0.39, 0.29) is 10.8 Å². The highest BCUT2D eigenvalue weighted by Crippen LogP contribution is 2.55. The van der Waals surface area contributed by atoms with Gasteiger partial charge in [0.1, 0.15) is 0 Å². The Morgan fingerprint density at radius 3 is 1.42 bits per heavy atom. The van der Waals surface area contributed by atoms with Crippen molar-refractivity contribution in [2.24, 2.45) is 0 Å². The fourth-order valence-electron chi connectivity index (χ4n) is 7.63. The molecule has 4 nitrogen and oxygen atoms in total. The molecule has 0 saturated carbocycles. The van der Waals surface area contributed by atoms with Gasteiger partial charge in [-0.15, -0.1) is 0 Å². The number of anilines is 3. The van der Waals surface area contributed by atoms with Crippen molar-refractivity contribution < 1.29 is 0 Å². The van der Waals surface area contributed by atoms with E-state index in [0.717, 1.165) is 16.7 Å². The molecule has 0 aliphatic carbocycles. The summed E-state index contributed by atoms with van der Waals surface area (Å²) < 4.78 is 0. The summed E-state index contributed by atoms with van der Waals surface area (Å²) in [5.41, 5.74) is 11.4. The van der Waals surface area contributed by atoms with Crippen LogP contribution < -0.4 is 4.90 Å². The van der Waals surface area contributed by atoms with Crippen molar-refractivity contribution in [1.29, 1.82) is 0 Å². The topological polar surface area (TPSA) is 41.9 Å². The molecule has 0 spiro atoms. The van der Waals surface area contributed by atoms with E-state index in [1.807, 2.05) is 48.2 Å². The van der Waals surface area contributed by atoms with Gasteiger partial charge in [0.05, 0.1) is 11.4 Å². The van der Waals surface area contributed by atoms with E-state index in [1.54, 1.807) is 0 Å². The zero-order valence-electron chi connectivity index (χ0n) is 28.6. The lowest BCUT2D eigenvalue weighted by Gasteiger charge is -2.42. The van der Waals surface area contributed by atoms with E-state index in [0.29, 0.717) is 17.5 Å². The molecule has 0 amide bonds. The molecule has 5 heteroatoms. The molecular formula is C45H36N4S. The van der Waals surface area contributed by atoms with Gasteiger partial charge in [0.25, 0.3) is 0 Å². The average Bonchev–Trinajstić information content (AvgIpc) is 3.16. The fourth-order valence-corrected chi connectivity index (χ4v) is 8.99. The molecule has 6 aromatic carbocycles. The molecular weight excluding hydrogens is 629 g/mol. The van der Waals surface area contributed by atoms with Crippen LogP contribution in [0.3, 0.4) is 0 Å². The number of para-hydroxylation sites is 2. The van der Waals surface area contributed by atoms with Crippen molar-refractivity contribution in [1.82, 2.24) is 15.0 Å². The Bertz CT molecular complexity index is 2310. The van der Waals surface area contributed by atoms with E-state index < -0.39 is 0 Å². The van der Waals surface area contributed by atoms with E-state index in [2.05, 4.69) is 142 Å². The maximum absolute atomic E-state index is 5.03. The second-order valence-electron chi connectivity index (χ2n) is 14.2. The smallest absolute Gasteiger partial charge is 0.164 e. The molecule has 2 aliphatic rings. The molecule has 242 valence electrons. The van der Waals surface area contributed by atoms with Gasteiger partial charge in [-0.1, -0.05) is 143 Å². The zero-order valence-corrected chi connectivity index (χ0v) is 29.4. The normalized spacial score (nSPS) is 15.0. The third-order valence-electron chi connectivity index (χ3n) is 10.4. The van der Waals surface area contributed by atoms with Crippen LogP contribution in [0, 0.1) is 0 Å². The predicted octanol–water partition coefficient (Wildman–Crippen LogP) is 11.8. The van der Waals surface area contributed by atoms with Crippen molar-refractivity contribution in [3.63, 3.8) is 0 Å². The third kappa shape index (κ3) is 4.87. The molecule has 9 rings (SSSR count). The van der Waals surface area contributed by atoms with E-state index in [4.69, 9.17) is 15.0 Å². The predicted molar refractivity (Wildman–Crippen MR) is 206 cm³/mol. The van der Waals surface area contributed by atoms with Crippen LogP contribution >= 0.6 is 11.8 Å². The highest BCUT2D eigenvalue weighted by molar-refractivity contribution is 7.99. The number of fused-ring (bicyclic) bond motifs is 4. The Morgan fingerprint density at radius 2 is 0.860 bits per heavy atom. The first-order valence-electron chi connectivity index (χ1n) is 17.1. The Hall–Kier alpha value is -5.52. The molecule has 0 saturated heterocycles. The summed E-state index contributed by atoms with van der Waals surface area (Å²) in [7, 11) is 0. The average molecular weight is 665 g/mol. The summed E-state index contributed by atoms with van der Waals surface area (Å²) in [5, 5.41) is 0. The van der Waals surface area contributed by atoms with Crippen LogP contribution in [-0.2, 0) is 10.8 Å². The van der Waals surface area contributed by atoms with Gasteiger partial charge in [-0.2, -0.15) is 0 Å². The maximum Gasteiger partial charge on any atom is 0.164 e. The first-order valence-corrected chi connectivity index (χ1v) is 17.9. The van der Waals surface area contributed by atoms with E-state index >= 15 is 0 Å². The molecule has 2 aliphatic heterocycles. The van der Waals surface area contributed by atoms with Gasteiger partial charge < -0.3 is 4.90 Å². The van der Waals surface area contributed by atoms with Gasteiger partial charge in [0.15, 0.2) is 17.5 Å².